The van der Waals surface area contributed by atoms with E-state index in [1.165, 1.54) is 0 Å². The highest BCUT2D eigenvalue weighted by molar-refractivity contribution is 7.89. The minimum absolute atomic E-state index is 0.0732. The highest BCUT2D eigenvalue weighted by atomic mass is 32.2. The van der Waals surface area contributed by atoms with Crippen LogP contribution in [-0.4, -0.2) is 58.3 Å². The molecule has 8 nitrogen and oxygen atoms in total. The number of sulfonamides is 1. The van der Waals surface area contributed by atoms with Crippen molar-refractivity contribution in [2.24, 2.45) is 7.05 Å². The van der Waals surface area contributed by atoms with E-state index in [4.69, 9.17) is 4.98 Å². The molecule has 0 bridgehead atoms. The average Bonchev–Trinajstić information content (AvgIpc) is 3.07. The summed E-state index contributed by atoms with van der Waals surface area (Å²) in [5.74, 6) is -0.0118. The Hall–Kier alpha value is -2.78. The second-order valence-corrected chi connectivity index (χ2v) is 10.4. The van der Waals surface area contributed by atoms with Crippen molar-refractivity contribution >= 4 is 27.0 Å². The van der Waals surface area contributed by atoms with E-state index in [0.29, 0.717) is 49.3 Å². The highest BCUT2D eigenvalue weighted by Gasteiger charge is 2.29. The van der Waals surface area contributed by atoms with Gasteiger partial charge in [-0.2, -0.15) is 5.10 Å². The van der Waals surface area contributed by atoms with Crippen molar-refractivity contribution in [3.63, 3.8) is 0 Å². The first-order valence-electron chi connectivity index (χ1n) is 11.0. The lowest BCUT2D eigenvalue weighted by atomic mass is 10.0. The fourth-order valence-electron chi connectivity index (χ4n) is 4.31. The minimum atomic E-state index is -3.20. The molecule has 3 aromatic rings. The SMILES string of the molecule is CCCS(=O)(=O)N1CCC(NC(=O)c2cc(-c3ccccc3)nc3c2c(C)nn3C)CC1. The van der Waals surface area contributed by atoms with Crippen molar-refractivity contribution in [1.29, 1.82) is 0 Å². The molecule has 1 amide bonds. The molecular formula is C23H29N5O3S. The van der Waals surface area contributed by atoms with Crippen LogP contribution in [0.25, 0.3) is 22.3 Å². The number of pyridine rings is 1. The Kier molecular flexibility index (Phi) is 6.30. The molecule has 9 heteroatoms. The second-order valence-electron chi connectivity index (χ2n) is 8.29. The molecule has 1 fully saturated rings. The van der Waals surface area contributed by atoms with Crippen LogP contribution >= 0.6 is 0 Å². The van der Waals surface area contributed by atoms with Crippen LogP contribution in [0.1, 0.15) is 42.2 Å². The molecule has 32 heavy (non-hydrogen) atoms. The first-order chi connectivity index (χ1) is 15.3. The minimum Gasteiger partial charge on any atom is -0.349 e. The maximum Gasteiger partial charge on any atom is 0.252 e. The fraction of sp³-hybridized carbons (Fsp3) is 0.435. The molecule has 170 valence electrons. The summed E-state index contributed by atoms with van der Waals surface area (Å²) in [6.45, 7) is 4.60. The summed E-state index contributed by atoms with van der Waals surface area (Å²) in [5, 5.41) is 8.33. The maximum absolute atomic E-state index is 13.3. The highest BCUT2D eigenvalue weighted by Crippen LogP contribution is 2.27. The molecule has 1 saturated heterocycles. The number of hydrogen-bond donors (Lipinski definition) is 1. The van der Waals surface area contributed by atoms with Gasteiger partial charge in [-0.1, -0.05) is 37.3 Å². The normalized spacial score (nSPS) is 15.8. The number of amides is 1. The molecule has 0 unspecified atom stereocenters. The fourth-order valence-corrected chi connectivity index (χ4v) is 5.85. The largest absolute Gasteiger partial charge is 0.349 e. The van der Waals surface area contributed by atoms with Gasteiger partial charge in [-0.15, -0.1) is 0 Å². The van der Waals surface area contributed by atoms with Crippen molar-refractivity contribution in [3.05, 3.63) is 47.7 Å². The van der Waals surface area contributed by atoms with E-state index >= 15 is 0 Å². The molecule has 0 atom stereocenters. The number of aromatic nitrogens is 3. The number of benzene rings is 1. The first kappa shape index (κ1) is 22.4. The van der Waals surface area contributed by atoms with Gasteiger partial charge < -0.3 is 5.32 Å². The molecule has 0 aliphatic carbocycles. The van der Waals surface area contributed by atoms with E-state index in [9.17, 15) is 13.2 Å². The van der Waals surface area contributed by atoms with E-state index in [2.05, 4.69) is 10.4 Å². The quantitative estimate of drug-likeness (QED) is 0.616. The topological polar surface area (TPSA) is 97.2 Å². The first-order valence-corrected chi connectivity index (χ1v) is 12.6. The van der Waals surface area contributed by atoms with Crippen LogP contribution in [0.15, 0.2) is 36.4 Å². The monoisotopic (exact) mass is 455 g/mol. The molecule has 4 rings (SSSR count). The van der Waals surface area contributed by atoms with Crippen LogP contribution in [0.4, 0.5) is 0 Å². The van der Waals surface area contributed by atoms with Gasteiger partial charge in [-0.3, -0.25) is 9.48 Å². The standard InChI is InChI=1S/C23H29N5O3S/c1-4-14-32(30,31)28-12-10-18(11-13-28)24-23(29)19-15-20(17-8-6-5-7-9-17)25-22-21(19)16(2)26-27(22)3/h5-9,15,18H,4,10-14H2,1-3H3,(H,24,29). The predicted octanol–water partition coefficient (Wildman–Crippen LogP) is 2.88. The predicted molar refractivity (Wildman–Crippen MR) is 125 cm³/mol. The van der Waals surface area contributed by atoms with E-state index in [1.54, 1.807) is 8.99 Å². The Balaban J connectivity index is 1.59. The van der Waals surface area contributed by atoms with Gasteiger partial charge >= 0.3 is 0 Å². The summed E-state index contributed by atoms with van der Waals surface area (Å²) < 4.78 is 27.9. The molecule has 0 spiro atoms. The van der Waals surface area contributed by atoms with Crippen molar-refractivity contribution < 1.29 is 13.2 Å². The number of nitrogens with zero attached hydrogens (tertiary/aromatic N) is 4. The smallest absolute Gasteiger partial charge is 0.252 e. The van der Waals surface area contributed by atoms with Gasteiger partial charge in [-0.25, -0.2) is 17.7 Å². The van der Waals surface area contributed by atoms with Crippen LogP contribution in [0.2, 0.25) is 0 Å². The second kappa shape index (κ2) is 8.99. The lowest BCUT2D eigenvalue weighted by Crippen LogP contribution is -2.47. The molecule has 1 aliphatic rings. The van der Waals surface area contributed by atoms with Crippen LogP contribution in [0.5, 0.6) is 0 Å². The van der Waals surface area contributed by atoms with Crippen LogP contribution in [0, 0.1) is 6.92 Å². The zero-order chi connectivity index (χ0) is 22.9. The molecule has 1 aliphatic heterocycles. The zero-order valence-electron chi connectivity index (χ0n) is 18.7. The number of fused-ring (bicyclic) bond motifs is 1. The van der Waals surface area contributed by atoms with E-state index in [-0.39, 0.29) is 17.7 Å². The number of carbonyl (C=O) groups excluding carboxylic acids is 1. The lowest BCUT2D eigenvalue weighted by molar-refractivity contribution is 0.0925. The third kappa shape index (κ3) is 4.40. The lowest BCUT2D eigenvalue weighted by Gasteiger charge is -2.31. The summed E-state index contributed by atoms with van der Waals surface area (Å²) in [4.78, 5) is 18.1. The van der Waals surface area contributed by atoms with Gasteiger partial charge in [0.2, 0.25) is 10.0 Å². The summed E-state index contributed by atoms with van der Waals surface area (Å²) >= 11 is 0. The number of nitrogens with one attached hydrogen (secondary N) is 1. The number of carbonyl (C=O) groups is 1. The van der Waals surface area contributed by atoms with Gasteiger partial charge in [0.15, 0.2) is 5.65 Å². The Morgan fingerprint density at radius 3 is 2.53 bits per heavy atom. The van der Waals surface area contributed by atoms with Crippen LogP contribution in [0.3, 0.4) is 0 Å². The number of rotatable bonds is 6. The Morgan fingerprint density at radius 2 is 1.88 bits per heavy atom. The Morgan fingerprint density at radius 1 is 1.19 bits per heavy atom. The molecule has 3 heterocycles. The van der Waals surface area contributed by atoms with Gasteiger partial charge in [-0.05, 0) is 32.3 Å². The average molecular weight is 456 g/mol. The van der Waals surface area contributed by atoms with Gasteiger partial charge in [0, 0.05) is 31.7 Å². The molecule has 0 saturated carbocycles. The summed E-state index contributed by atoms with van der Waals surface area (Å²) in [6.07, 6.45) is 1.80. The van der Waals surface area contributed by atoms with Crippen molar-refractivity contribution in [2.45, 2.75) is 39.2 Å². The summed E-state index contributed by atoms with van der Waals surface area (Å²) in [7, 11) is -1.38. The third-order valence-corrected chi connectivity index (χ3v) is 8.00. The molecule has 2 aromatic heterocycles. The van der Waals surface area contributed by atoms with E-state index < -0.39 is 10.0 Å². The van der Waals surface area contributed by atoms with Gasteiger partial charge in [0.1, 0.15) is 0 Å². The van der Waals surface area contributed by atoms with Crippen molar-refractivity contribution in [1.82, 2.24) is 24.4 Å². The molecule has 1 N–H and O–H groups in total. The number of hydrogen-bond acceptors (Lipinski definition) is 5. The number of aryl methyl sites for hydroxylation is 2. The number of piperidine rings is 1. The zero-order valence-corrected chi connectivity index (χ0v) is 19.5. The summed E-state index contributed by atoms with van der Waals surface area (Å²) in [5.41, 5.74) is 3.60. The molecule has 1 aromatic carbocycles. The Bertz CT molecular complexity index is 1230. The van der Waals surface area contributed by atoms with Crippen LogP contribution < -0.4 is 5.32 Å². The van der Waals surface area contributed by atoms with Crippen molar-refractivity contribution in [2.75, 3.05) is 18.8 Å². The summed E-state index contributed by atoms with van der Waals surface area (Å²) in [6, 6.07) is 11.5. The van der Waals surface area contributed by atoms with Crippen LogP contribution in [-0.2, 0) is 17.1 Å². The molecular weight excluding hydrogens is 426 g/mol. The van der Waals surface area contributed by atoms with E-state index in [0.717, 1.165) is 16.6 Å². The molecule has 0 radical (unpaired) electrons. The third-order valence-electron chi connectivity index (χ3n) is 5.93. The Labute approximate surface area is 188 Å². The van der Waals surface area contributed by atoms with Gasteiger partial charge in [0.25, 0.3) is 5.91 Å². The maximum atomic E-state index is 13.3. The van der Waals surface area contributed by atoms with Gasteiger partial charge in [0.05, 0.1) is 28.1 Å². The van der Waals surface area contributed by atoms with E-state index in [1.807, 2.05) is 57.3 Å². The van der Waals surface area contributed by atoms with Crippen molar-refractivity contribution in [3.8, 4) is 11.3 Å².